The van der Waals surface area contributed by atoms with Crippen LogP contribution >= 0.6 is 0 Å². The van der Waals surface area contributed by atoms with Crippen molar-refractivity contribution in [3.8, 4) is 0 Å². The Morgan fingerprint density at radius 3 is 2.46 bits per heavy atom. The molecule has 6 nitrogen and oxygen atoms in total. The molecule has 0 amide bonds. The maximum absolute atomic E-state index is 12.6. The molecule has 0 saturated heterocycles. The van der Waals surface area contributed by atoms with Crippen molar-refractivity contribution in [2.75, 3.05) is 0 Å². The Balaban J connectivity index is 1.42. The van der Waals surface area contributed by atoms with Crippen LogP contribution in [-0.4, -0.2) is 28.3 Å². The number of ketones is 4. The van der Waals surface area contributed by atoms with Gasteiger partial charge in [-0.15, -0.1) is 0 Å². The van der Waals surface area contributed by atoms with E-state index < -0.39 is 5.92 Å². The fourth-order valence-electron chi connectivity index (χ4n) is 4.23. The van der Waals surface area contributed by atoms with Crippen LogP contribution in [0, 0.1) is 5.92 Å². The van der Waals surface area contributed by atoms with Crippen LogP contribution in [0.1, 0.15) is 65.4 Å². The van der Waals surface area contributed by atoms with Crippen molar-refractivity contribution in [3.63, 3.8) is 0 Å². The molecule has 1 aromatic carbocycles. The summed E-state index contributed by atoms with van der Waals surface area (Å²) in [6.45, 7) is 0. The summed E-state index contributed by atoms with van der Waals surface area (Å²) >= 11 is 0. The minimum absolute atomic E-state index is 0.00437. The first kappa shape index (κ1) is 18.5. The molecule has 0 radical (unpaired) electrons. The van der Waals surface area contributed by atoms with Gasteiger partial charge in [-0.2, -0.15) is 0 Å². The van der Waals surface area contributed by atoms with Crippen LogP contribution in [0.25, 0.3) is 0 Å². The van der Waals surface area contributed by atoms with E-state index in [1.807, 2.05) is 30.3 Å². The van der Waals surface area contributed by atoms with Crippen LogP contribution in [0.3, 0.4) is 0 Å². The number of carbonyl (C=O) groups is 4. The van der Waals surface area contributed by atoms with Crippen molar-refractivity contribution in [2.45, 2.75) is 50.9 Å². The largest absolute Gasteiger partial charge is 0.360 e. The number of fused-ring (bicyclic) bond motifs is 1. The minimum Gasteiger partial charge on any atom is -0.360 e. The van der Waals surface area contributed by atoms with Gasteiger partial charge in [0.1, 0.15) is 11.7 Å². The second-order valence-electron chi connectivity index (χ2n) is 7.55. The van der Waals surface area contributed by atoms with Gasteiger partial charge in [0.15, 0.2) is 23.1 Å². The zero-order valence-corrected chi connectivity index (χ0v) is 15.5. The number of rotatable bonds is 5. The van der Waals surface area contributed by atoms with Gasteiger partial charge in [-0.3, -0.25) is 19.2 Å². The van der Waals surface area contributed by atoms with Crippen LogP contribution in [-0.2, 0) is 27.2 Å². The van der Waals surface area contributed by atoms with E-state index in [1.165, 1.54) is 0 Å². The third-order valence-electron chi connectivity index (χ3n) is 5.66. The smallest absolute Gasteiger partial charge is 0.168 e. The molecule has 144 valence electrons. The predicted molar refractivity (Wildman–Crippen MR) is 99.0 cm³/mol. The number of hydrogen-bond acceptors (Lipinski definition) is 6. The van der Waals surface area contributed by atoms with Gasteiger partial charge in [-0.1, -0.05) is 35.5 Å². The maximum atomic E-state index is 12.6. The molecule has 0 bridgehead atoms. The lowest BCUT2D eigenvalue weighted by atomic mass is 9.74. The predicted octanol–water partition coefficient (Wildman–Crippen LogP) is 3.03. The number of Topliss-reactive ketones (excluding diaryl/α,β-unsaturated/α-hetero) is 4. The monoisotopic (exact) mass is 379 g/mol. The highest BCUT2D eigenvalue weighted by molar-refractivity contribution is 6.21. The van der Waals surface area contributed by atoms with Crippen LogP contribution < -0.4 is 0 Å². The fraction of sp³-hybridized carbons (Fsp3) is 0.409. The first-order valence-corrected chi connectivity index (χ1v) is 9.68. The van der Waals surface area contributed by atoms with Gasteiger partial charge in [0.2, 0.25) is 0 Å². The zero-order valence-electron chi connectivity index (χ0n) is 15.5. The quantitative estimate of drug-likeness (QED) is 0.741. The van der Waals surface area contributed by atoms with Crippen LogP contribution in [0.4, 0.5) is 0 Å². The molecule has 2 aromatic rings. The van der Waals surface area contributed by atoms with E-state index in [-0.39, 0.29) is 54.7 Å². The lowest BCUT2D eigenvalue weighted by Crippen LogP contribution is -2.38. The van der Waals surface area contributed by atoms with Gasteiger partial charge in [-0.25, -0.2) is 0 Å². The summed E-state index contributed by atoms with van der Waals surface area (Å²) in [7, 11) is 0. The molecule has 2 aliphatic carbocycles. The Labute approximate surface area is 162 Å². The Kier molecular flexibility index (Phi) is 5.03. The van der Waals surface area contributed by atoms with E-state index in [0.717, 1.165) is 12.0 Å². The van der Waals surface area contributed by atoms with E-state index in [4.69, 9.17) is 4.52 Å². The van der Waals surface area contributed by atoms with Crippen molar-refractivity contribution < 1.29 is 23.7 Å². The third kappa shape index (κ3) is 3.46. The van der Waals surface area contributed by atoms with Crippen molar-refractivity contribution >= 4 is 23.1 Å². The number of hydrogen-bond donors (Lipinski definition) is 0. The topological polar surface area (TPSA) is 94.3 Å². The molecule has 0 atom stereocenters. The number of aryl methyl sites for hydroxylation is 2. The van der Waals surface area contributed by atoms with E-state index in [1.54, 1.807) is 0 Å². The van der Waals surface area contributed by atoms with Gasteiger partial charge >= 0.3 is 0 Å². The maximum Gasteiger partial charge on any atom is 0.168 e. The van der Waals surface area contributed by atoms with Crippen molar-refractivity contribution in [1.29, 1.82) is 0 Å². The molecule has 0 spiro atoms. The Morgan fingerprint density at radius 2 is 1.75 bits per heavy atom. The van der Waals surface area contributed by atoms with E-state index in [0.29, 0.717) is 29.9 Å². The fourth-order valence-corrected chi connectivity index (χ4v) is 4.23. The molecule has 0 aliphatic heterocycles. The standard InChI is InChI=1S/C22H21NO5/c24-16-7-4-8-20-21(16)15(23-28-20)9-10-17(25)22-18(26)11-14(12-19(22)27)13-5-2-1-3-6-13/h1-3,5-6,14,22H,4,7-12H2. The van der Waals surface area contributed by atoms with Crippen LogP contribution in [0.15, 0.2) is 34.9 Å². The minimum atomic E-state index is -1.18. The molecule has 4 rings (SSSR count). The Hall–Kier alpha value is -2.89. The molecule has 1 fully saturated rings. The summed E-state index contributed by atoms with van der Waals surface area (Å²) in [6.07, 6.45) is 2.48. The van der Waals surface area contributed by atoms with Crippen LogP contribution in [0.2, 0.25) is 0 Å². The van der Waals surface area contributed by atoms with Gasteiger partial charge in [0.05, 0.1) is 11.3 Å². The summed E-state index contributed by atoms with van der Waals surface area (Å²) < 4.78 is 5.22. The molecular formula is C22H21NO5. The summed E-state index contributed by atoms with van der Waals surface area (Å²) in [5.74, 6) is -1.79. The number of carbonyl (C=O) groups excluding carboxylic acids is 4. The summed E-state index contributed by atoms with van der Waals surface area (Å²) in [6, 6.07) is 9.44. The molecule has 0 N–H and O–H groups in total. The van der Waals surface area contributed by atoms with Crippen molar-refractivity contribution in [2.24, 2.45) is 5.92 Å². The Morgan fingerprint density at radius 1 is 1.04 bits per heavy atom. The number of benzene rings is 1. The van der Waals surface area contributed by atoms with Gasteiger partial charge in [0.25, 0.3) is 0 Å². The highest BCUT2D eigenvalue weighted by atomic mass is 16.5. The second-order valence-corrected chi connectivity index (χ2v) is 7.55. The number of aromatic nitrogens is 1. The molecule has 0 unspecified atom stereocenters. The molecule has 1 saturated carbocycles. The zero-order chi connectivity index (χ0) is 19.7. The van der Waals surface area contributed by atoms with Gasteiger partial charge in [0, 0.05) is 38.5 Å². The normalized spacial score (nSPS) is 22.2. The molecule has 1 heterocycles. The lowest BCUT2D eigenvalue weighted by Gasteiger charge is -2.25. The highest BCUT2D eigenvalue weighted by Crippen LogP contribution is 2.33. The van der Waals surface area contributed by atoms with Crippen molar-refractivity contribution in [3.05, 3.63) is 52.9 Å². The average Bonchev–Trinajstić information content (AvgIpc) is 3.11. The lowest BCUT2D eigenvalue weighted by molar-refractivity contribution is -0.142. The van der Waals surface area contributed by atoms with Crippen LogP contribution in [0.5, 0.6) is 0 Å². The van der Waals surface area contributed by atoms with Gasteiger partial charge < -0.3 is 4.52 Å². The van der Waals surface area contributed by atoms with E-state index in [9.17, 15) is 19.2 Å². The first-order chi connectivity index (χ1) is 13.5. The number of nitrogens with zero attached hydrogens (tertiary/aromatic N) is 1. The van der Waals surface area contributed by atoms with Gasteiger partial charge in [-0.05, 0) is 17.9 Å². The molecule has 6 heteroatoms. The summed E-state index contributed by atoms with van der Waals surface area (Å²) in [5.41, 5.74) is 1.90. The molecular weight excluding hydrogens is 358 g/mol. The highest BCUT2D eigenvalue weighted by Gasteiger charge is 2.40. The second kappa shape index (κ2) is 7.62. The third-order valence-corrected chi connectivity index (χ3v) is 5.66. The molecule has 1 aromatic heterocycles. The van der Waals surface area contributed by atoms with E-state index >= 15 is 0 Å². The molecule has 2 aliphatic rings. The SMILES string of the molecule is O=C1CCCc2onc(CCC(=O)C3C(=O)CC(c4ccccc4)CC3=O)c21. The first-order valence-electron chi connectivity index (χ1n) is 9.68. The Bertz CT molecular complexity index is 925. The average molecular weight is 379 g/mol. The molecule has 28 heavy (non-hydrogen) atoms. The summed E-state index contributed by atoms with van der Waals surface area (Å²) in [5, 5.41) is 3.94. The van der Waals surface area contributed by atoms with Crippen molar-refractivity contribution in [1.82, 2.24) is 5.16 Å². The van der Waals surface area contributed by atoms with E-state index in [2.05, 4.69) is 5.16 Å². The summed E-state index contributed by atoms with van der Waals surface area (Å²) in [4.78, 5) is 49.8.